The van der Waals surface area contributed by atoms with Gasteiger partial charge in [0.15, 0.2) is 0 Å². The van der Waals surface area contributed by atoms with Crippen molar-refractivity contribution in [1.82, 2.24) is 5.48 Å². The number of hydrogen-bond acceptors (Lipinski definition) is 4. The van der Waals surface area contributed by atoms with E-state index in [2.05, 4.69) is 0 Å². The van der Waals surface area contributed by atoms with Crippen LogP contribution in [-0.4, -0.2) is 16.3 Å². The van der Waals surface area contributed by atoms with Gasteiger partial charge in [-0.2, -0.15) is 0 Å². The van der Waals surface area contributed by atoms with E-state index in [0.29, 0.717) is 11.3 Å². The van der Waals surface area contributed by atoms with Crippen LogP contribution in [0.1, 0.15) is 10.4 Å². The zero-order valence-corrected chi connectivity index (χ0v) is 6.11. The van der Waals surface area contributed by atoms with Gasteiger partial charge in [0.2, 0.25) is 0 Å². The van der Waals surface area contributed by atoms with Crippen molar-refractivity contribution >= 4 is 11.6 Å². The number of rotatable bonds is 2. The Hall–Kier alpha value is -1.59. The van der Waals surface area contributed by atoms with Gasteiger partial charge in [0.1, 0.15) is 0 Å². The van der Waals surface area contributed by atoms with Crippen molar-refractivity contribution in [2.75, 3.05) is 5.48 Å². The predicted octanol–water partition coefficient (Wildman–Crippen LogP) is 0.607. The maximum Gasteiger partial charge on any atom is 0.274 e. The molecule has 0 saturated carbocycles. The molecule has 64 valence electrons. The number of hydroxylamine groups is 1. The smallest absolute Gasteiger partial charge is 0.274 e. The molecule has 1 aromatic carbocycles. The van der Waals surface area contributed by atoms with Gasteiger partial charge in [0.05, 0.1) is 5.69 Å². The molecule has 0 fully saturated rings. The molecule has 0 radical (unpaired) electrons. The van der Waals surface area contributed by atoms with Crippen molar-refractivity contribution in [1.29, 1.82) is 0 Å². The van der Waals surface area contributed by atoms with Gasteiger partial charge >= 0.3 is 0 Å². The van der Waals surface area contributed by atoms with Crippen LogP contribution in [0.4, 0.5) is 5.69 Å². The van der Waals surface area contributed by atoms with E-state index in [1.807, 2.05) is 5.48 Å². The summed E-state index contributed by atoms with van der Waals surface area (Å²) in [6.45, 7) is 0. The van der Waals surface area contributed by atoms with E-state index >= 15 is 0 Å². The summed E-state index contributed by atoms with van der Waals surface area (Å²) >= 11 is 0. The van der Waals surface area contributed by atoms with Gasteiger partial charge in [-0.15, -0.1) is 0 Å². The summed E-state index contributed by atoms with van der Waals surface area (Å²) in [5, 5.41) is 16.7. The molecule has 1 rings (SSSR count). The molecule has 0 heterocycles. The molecule has 0 aliphatic carbocycles. The molecule has 0 bridgehead atoms. The highest BCUT2D eigenvalue weighted by molar-refractivity contribution is 5.93. The molecule has 12 heavy (non-hydrogen) atoms. The largest absolute Gasteiger partial charge is 0.291 e. The van der Waals surface area contributed by atoms with Gasteiger partial charge in [-0.25, -0.2) is 5.48 Å². The average molecular weight is 168 g/mol. The summed E-state index contributed by atoms with van der Waals surface area (Å²) in [7, 11) is 0. The first kappa shape index (κ1) is 8.51. The lowest BCUT2D eigenvalue weighted by Gasteiger charge is -2.00. The lowest BCUT2D eigenvalue weighted by Crippen LogP contribution is -2.18. The van der Waals surface area contributed by atoms with Gasteiger partial charge in [-0.1, -0.05) is 0 Å². The first-order valence-corrected chi connectivity index (χ1v) is 3.22. The van der Waals surface area contributed by atoms with E-state index in [1.165, 1.54) is 29.7 Å². The number of benzene rings is 1. The van der Waals surface area contributed by atoms with E-state index in [0.717, 1.165) is 0 Å². The molecule has 0 atom stereocenters. The Balaban J connectivity index is 2.84. The van der Waals surface area contributed by atoms with Crippen LogP contribution in [0.15, 0.2) is 24.3 Å². The first-order valence-electron chi connectivity index (χ1n) is 3.22. The number of anilines is 1. The van der Waals surface area contributed by atoms with Gasteiger partial charge in [-0.3, -0.25) is 20.7 Å². The summed E-state index contributed by atoms with van der Waals surface area (Å²) in [4.78, 5) is 10.8. The van der Waals surface area contributed by atoms with Crippen LogP contribution < -0.4 is 11.0 Å². The summed E-state index contributed by atoms with van der Waals surface area (Å²) in [6.07, 6.45) is 0. The Morgan fingerprint density at radius 1 is 1.17 bits per heavy atom. The van der Waals surface area contributed by atoms with Gasteiger partial charge in [-0.05, 0) is 24.3 Å². The van der Waals surface area contributed by atoms with Crippen LogP contribution in [0.25, 0.3) is 0 Å². The third kappa shape index (κ3) is 1.71. The maximum absolute atomic E-state index is 10.8. The molecule has 5 heteroatoms. The van der Waals surface area contributed by atoms with Gasteiger partial charge < -0.3 is 0 Å². The van der Waals surface area contributed by atoms with Crippen LogP contribution in [0.3, 0.4) is 0 Å². The topological polar surface area (TPSA) is 81.6 Å². The second-order valence-corrected chi connectivity index (χ2v) is 2.13. The molecule has 1 amide bonds. The standard InChI is InChI=1S/C7H8N2O3/c10-7(9-12)5-1-3-6(8-11)4-2-5/h1-4,8,11-12H,(H,9,10). The summed E-state index contributed by atoms with van der Waals surface area (Å²) < 4.78 is 0. The van der Waals surface area contributed by atoms with Crippen molar-refractivity contribution in [3.63, 3.8) is 0 Å². The Bertz CT molecular complexity index is 270. The number of hydrogen-bond donors (Lipinski definition) is 4. The molecule has 0 aliphatic heterocycles. The summed E-state index contributed by atoms with van der Waals surface area (Å²) in [5.41, 5.74) is 4.21. The summed E-state index contributed by atoms with van der Waals surface area (Å²) in [6, 6.07) is 5.93. The Morgan fingerprint density at radius 3 is 2.17 bits per heavy atom. The fourth-order valence-electron chi connectivity index (χ4n) is 0.761. The van der Waals surface area contributed by atoms with Crippen LogP contribution in [0.2, 0.25) is 0 Å². The minimum atomic E-state index is -0.584. The monoisotopic (exact) mass is 168 g/mol. The molecular formula is C7H8N2O3. The van der Waals surface area contributed by atoms with E-state index < -0.39 is 5.91 Å². The summed E-state index contributed by atoms with van der Waals surface area (Å²) in [5.74, 6) is -0.584. The number of nitrogens with one attached hydrogen (secondary N) is 2. The minimum absolute atomic E-state index is 0.316. The van der Waals surface area contributed by atoms with E-state index in [1.54, 1.807) is 0 Å². The van der Waals surface area contributed by atoms with Crippen LogP contribution in [0.5, 0.6) is 0 Å². The zero-order valence-electron chi connectivity index (χ0n) is 6.11. The van der Waals surface area contributed by atoms with Crippen LogP contribution >= 0.6 is 0 Å². The third-order valence-electron chi connectivity index (χ3n) is 1.38. The van der Waals surface area contributed by atoms with Crippen LogP contribution in [-0.2, 0) is 0 Å². The Kier molecular flexibility index (Phi) is 2.62. The van der Waals surface area contributed by atoms with Crippen molar-refractivity contribution in [3.8, 4) is 0 Å². The molecule has 5 nitrogen and oxygen atoms in total. The predicted molar refractivity (Wildman–Crippen MR) is 41.1 cm³/mol. The Labute approximate surface area is 68.6 Å². The van der Waals surface area contributed by atoms with Gasteiger partial charge in [0, 0.05) is 5.56 Å². The van der Waals surface area contributed by atoms with Crippen LogP contribution in [0, 0.1) is 0 Å². The highest BCUT2D eigenvalue weighted by atomic mass is 16.5. The molecule has 0 saturated heterocycles. The quantitative estimate of drug-likeness (QED) is 0.385. The molecule has 0 unspecified atom stereocenters. The number of carbonyl (C=O) groups is 1. The zero-order chi connectivity index (χ0) is 8.97. The fourth-order valence-corrected chi connectivity index (χ4v) is 0.761. The number of carbonyl (C=O) groups excluding carboxylic acids is 1. The fraction of sp³-hybridized carbons (Fsp3) is 0. The molecule has 0 spiro atoms. The van der Waals surface area contributed by atoms with E-state index in [-0.39, 0.29) is 0 Å². The molecule has 0 aliphatic rings. The highest BCUT2D eigenvalue weighted by Gasteiger charge is 2.01. The minimum Gasteiger partial charge on any atom is -0.291 e. The Morgan fingerprint density at radius 2 is 1.75 bits per heavy atom. The highest BCUT2D eigenvalue weighted by Crippen LogP contribution is 2.07. The van der Waals surface area contributed by atoms with Crippen molar-refractivity contribution < 1.29 is 15.2 Å². The molecule has 4 N–H and O–H groups in total. The molecule has 1 aromatic rings. The van der Waals surface area contributed by atoms with E-state index in [4.69, 9.17) is 10.4 Å². The van der Waals surface area contributed by atoms with Crippen molar-refractivity contribution in [2.45, 2.75) is 0 Å². The lowest BCUT2D eigenvalue weighted by molar-refractivity contribution is 0.0706. The van der Waals surface area contributed by atoms with Gasteiger partial charge in [0.25, 0.3) is 5.91 Å². The number of amides is 1. The molecule has 0 aromatic heterocycles. The normalized spacial score (nSPS) is 9.17. The lowest BCUT2D eigenvalue weighted by atomic mass is 10.2. The molecular weight excluding hydrogens is 160 g/mol. The maximum atomic E-state index is 10.8. The SMILES string of the molecule is O=C(NO)c1ccc(NO)cc1. The average Bonchev–Trinajstić information content (AvgIpc) is 2.17. The second kappa shape index (κ2) is 3.70. The van der Waals surface area contributed by atoms with Crippen molar-refractivity contribution in [3.05, 3.63) is 29.8 Å². The third-order valence-corrected chi connectivity index (χ3v) is 1.38. The van der Waals surface area contributed by atoms with Crippen molar-refractivity contribution in [2.24, 2.45) is 0 Å². The first-order chi connectivity index (χ1) is 5.77. The second-order valence-electron chi connectivity index (χ2n) is 2.13. The van der Waals surface area contributed by atoms with E-state index in [9.17, 15) is 4.79 Å².